The Morgan fingerprint density at radius 2 is 2.00 bits per heavy atom. The van der Waals surface area contributed by atoms with Crippen molar-refractivity contribution in [2.75, 3.05) is 0 Å². The molecule has 3 rings (SSSR count). The minimum atomic E-state index is -0.284. The molecule has 2 nitrogen and oxygen atoms in total. The first-order valence-corrected chi connectivity index (χ1v) is 6.98. The number of nitrogens with zero attached hydrogens (tertiary/aromatic N) is 2. The monoisotopic (exact) mass is 254 g/mol. The second-order valence-electron chi connectivity index (χ2n) is 5.07. The third-order valence-electron chi connectivity index (χ3n) is 3.57. The van der Waals surface area contributed by atoms with Gasteiger partial charge in [-0.05, 0) is 30.9 Å². The molecule has 1 aromatic heterocycles. The van der Waals surface area contributed by atoms with Gasteiger partial charge in [0.05, 0.1) is 16.5 Å². The van der Waals surface area contributed by atoms with E-state index in [1.807, 2.05) is 6.92 Å². The van der Waals surface area contributed by atoms with Crippen LogP contribution in [0, 0.1) is 23.7 Å². The maximum Gasteiger partial charge on any atom is 0.0944 e. The van der Waals surface area contributed by atoms with Gasteiger partial charge in [-0.3, -0.25) is 0 Å². The molecule has 1 aliphatic carbocycles. The summed E-state index contributed by atoms with van der Waals surface area (Å²) in [7, 11) is 0. The predicted octanol–water partition coefficient (Wildman–Crippen LogP) is 3.30. The summed E-state index contributed by atoms with van der Waals surface area (Å²) < 4.78 is 0. The van der Waals surface area contributed by atoms with Crippen molar-refractivity contribution >= 4 is 11.3 Å². The molecule has 0 saturated heterocycles. The molecule has 0 atom stereocenters. The summed E-state index contributed by atoms with van der Waals surface area (Å²) in [4.78, 5) is 4.50. The summed E-state index contributed by atoms with van der Waals surface area (Å²) in [6.45, 7) is 2.00. The molecule has 0 unspecified atom stereocenters. The lowest BCUT2D eigenvalue weighted by Crippen LogP contribution is -2.22. The average Bonchev–Trinajstić information content (AvgIpc) is 2.93. The Morgan fingerprint density at radius 3 is 2.50 bits per heavy atom. The molecule has 90 valence electrons. The highest BCUT2D eigenvalue weighted by Crippen LogP contribution is 2.39. The van der Waals surface area contributed by atoms with Gasteiger partial charge in [0.25, 0.3) is 0 Å². The van der Waals surface area contributed by atoms with Gasteiger partial charge in [-0.15, -0.1) is 11.3 Å². The zero-order valence-electron chi connectivity index (χ0n) is 10.3. The van der Waals surface area contributed by atoms with E-state index in [9.17, 15) is 5.26 Å². The Morgan fingerprint density at radius 1 is 1.33 bits per heavy atom. The summed E-state index contributed by atoms with van der Waals surface area (Å²) in [5.74, 6) is 0. The third kappa shape index (κ3) is 1.93. The molecule has 3 heteroatoms. The van der Waals surface area contributed by atoms with Crippen molar-refractivity contribution in [1.82, 2.24) is 4.98 Å². The van der Waals surface area contributed by atoms with Gasteiger partial charge in [0.15, 0.2) is 0 Å². The number of aromatic nitrogens is 1. The van der Waals surface area contributed by atoms with Crippen molar-refractivity contribution in [2.24, 2.45) is 5.41 Å². The van der Waals surface area contributed by atoms with Gasteiger partial charge in [-0.2, -0.15) is 5.26 Å². The van der Waals surface area contributed by atoms with Crippen LogP contribution in [0.25, 0.3) is 0 Å². The van der Waals surface area contributed by atoms with Gasteiger partial charge in [0, 0.05) is 17.5 Å². The minimum Gasteiger partial charge on any atom is -0.247 e. The van der Waals surface area contributed by atoms with Crippen molar-refractivity contribution in [2.45, 2.75) is 26.2 Å². The first-order chi connectivity index (χ1) is 8.71. The molecule has 2 aromatic rings. The molecular formula is C15H14N2S. The predicted molar refractivity (Wildman–Crippen MR) is 72.5 cm³/mol. The van der Waals surface area contributed by atoms with Gasteiger partial charge in [0.2, 0.25) is 0 Å². The van der Waals surface area contributed by atoms with E-state index in [4.69, 9.17) is 0 Å². The lowest BCUT2D eigenvalue weighted by atomic mass is 9.83. The normalized spacial score (nSPS) is 16.2. The van der Waals surface area contributed by atoms with Crippen molar-refractivity contribution < 1.29 is 0 Å². The average molecular weight is 254 g/mol. The highest BCUT2D eigenvalue weighted by Gasteiger charge is 2.38. The van der Waals surface area contributed by atoms with Crippen LogP contribution in [0.1, 0.15) is 21.8 Å². The van der Waals surface area contributed by atoms with Crippen LogP contribution in [0.3, 0.4) is 0 Å². The number of nitriles is 1. The Balaban J connectivity index is 1.89. The van der Waals surface area contributed by atoms with Gasteiger partial charge in [-0.1, -0.05) is 24.3 Å². The van der Waals surface area contributed by atoms with Gasteiger partial charge < -0.3 is 0 Å². The molecule has 18 heavy (non-hydrogen) atoms. The fraction of sp³-hybridized carbons (Fsp3) is 0.333. The van der Waals surface area contributed by atoms with Crippen molar-refractivity contribution in [3.63, 3.8) is 0 Å². The molecular weight excluding hydrogens is 240 g/mol. The molecule has 1 heterocycles. The molecule has 0 saturated carbocycles. The van der Waals surface area contributed by atoms with Crippen LogP contribution < -0.4 is 0 Å². The summed E-state index contributed by atoms with van der Waals surface area (Å²) in [6.07, 6.45) is 2.49. The van der Waals surface area contributed by atoms with E-state index in [0.29, 0.717) is 0 Å². The standard InChI is InChI=1S/C15H14N2S/c1-11-9-18-14(17-11)8-15(10-16)6-12-4-2-3-5-13(12)7-15/h2-5,9H,6-8H2,1H3. The Labute approximate surface area is 111 Å². The molecule has 0 radical (unpaired) electrons. The molecule has 0 spiro atoms. The van der Waals surface area contributed by atoms with E-state index < -0.39 is 0 Å². The van der Waals surface area contributed by atoms with Crippen molar-refractivity contribution in [1.29, 1.82) is 5.26 Å². The quantitative estimate of drug-likeness (QED) is 0.824. The zero-order valence-corrected chi connectivity index (χ0v) is 11.1. The summed E-state index contributed by atoms with van der Waals surface area (Å²) in [6, 6.07) is 10.9. The number of hydrogen-bond donors (Lipinski definition) is 0. The number of hydrogen-bond acceptors (Lipinski definition) is 3. The number of thiazole rings is 1. The number of benzene rings is 1. The fourth-order valence-electron chi connectivity index (χ4n) is 2.71. The fourth-order valence-corrected chi connectivity index (χ4v) is 3.63. The van der Waals surface area contributed by atoms with Crippen LogP contribution in [0.4, 0.5) is 0 Å². The Kier molecular flexibility index (Phi) is 2.68. The third-order valence-corrected chi connectivity index (χ3v) is 4.54. The molecule has 1 aliphatic rings. The van der Waals surface area contributed by atoms with Crippen LogP contribution in [0.2, 0.25) is 0 Å². The maximum absolute atomic E-state index is 9.58. The first kappa shape index (κ1) is 11.4. The van der Waals surface area contributed by atoms with Crippen LogP contribution in [0.5, 0.6) is 0 Å². The van der Waals surface area contributed by atoms with Crippen LogP contribution >= 0.6 is 11.3 Å². The van der Waals surface area contributed by atoms with Crippen LogP contribution in [0.15, 0.2) is 29.6 Å². The zero-order chi connectivity index (χ0) is 12.6. The summed E-state index contributed by atoms with van der Waals surface area (Å²) in [5, 5.41) is 12.7. The van der Waals surface area contributed by atoms with E-state index in [0.717, 1.165) is 30.0 Å². The van der Waals surface area contributed by atoms with Gasteiger partial charge in [0.1, 0.15) is 0 Å². The second kappa shape index (κ2) is 4.22. The highest BCUT2D eigenvalue weighted by atomic mass is 32.1. The lowest BCUT2D eigenvalue weighted by molar-refractivity contribution is 0.417. The number of rotatable bonds is 2. The summed E-state index contributed by atoms with van der Waals surface area (Å²) in [5.41, 5.74) is 3.42. The van der Waals surface area contributed by atoms with E-state index in [1.165, 1.54) is 11.1 Å². The smallest absolute Gasteiger partial charge is 0.0944 e. The Bertz CT molecular complexity index is 596. The molecule has 1 aromatic carbocycles. The number of aryl methyl sites for hydroxylation is 1. The van der Waals surface area contributed by atoms with Crippen molar-refractivity contribution in [3.8, 4) is 6.07 Å². The first-order valence-electron chi connectivity index (χ1n) is 6.10. The lowest BCUT2D eigenvalue weighted by Gasteiger charge is -2.18. The number of fused-ring (bicyclic) bond motifs is 1. The maximum atomic E-state index is 9.58. The molecule has 0 aliphatic heterocycles. The Hall–Kier alpha value is -1.66. The van der Waals surface area contributed by atoms with Crippen molar-refractivity contribution in [3.05, 3.63) is 51.5 Å². The highest BCUT2D eigenvalue weighted by molar-refractivity contribution is 7.09. The largest absolute Gasteiger partial charge is 0.247 e. The molecule has 0 fully saturated rings. The van der Waals surface area contributed by atoms with Gasteiger partial charge >= 0.3 is 0 Å². The SMILES string of the molecule is Cc1csc(CC2(C#N)Cc3ccccc3C2)n1. The topological polar surface area (TPSA) is 36.7 Å². The summed E-state index contributed by atoms with van der Waals surface area (Å²) >= 11 is 1.67. The van der Waals surface area contributed by atoms with Crippen LogP contribution in [-0.4, -0.2) is 4.98 Å². The van der Waals surface area contributed by atoms with E-state index in [2.05, 4.69) is 40.7 Å². The van der Waals surface area contributed by atoms with E-state index >= 15 is 0 Å². The van der Waals surface area contributed by atoms with Crippen LogP contribution in [-0.2, 0) is 19.3 Å². The molecule has 0 amide bonds. The van der Waals surface area contributed by atoms with E-state index in [-0.39, 0.29) is 5.41 Å². The van der Waals surface area contributed by atoms with E-state index in [1.54, 1.807) is 11.3 Å². The molecule has 0 N–H and O–H groups in total. The van der Waals surface area contributed by atoms with Gasteiger partial charge in [-0.25, -0.2) is 4.98 Å². The second-order valence-corrected chi connectivity index (χ2v) is 6.02. The molecule has 0 bridgehead atoms. The minimum absolute atomic E-state index is 0.284.